The Morgan fingerprint density at radius 3 is 2.75 bits per heavy atom. The van der Waals surface area contributed by atoms with E-state index in [-0.39, 0.29) is 23.8 Å². The fourth-order valence-electron chi connectivity index (χ4n) is 3.90. The molecule has 1 aliphatic heterocycles. The van der Waals surface area contributed by atoms with Crippen LogP contribution in [0.25, 0.3) is 0 Å². The van der Waals surface area contributed by atoms with Gasteiger partial charge in [0.05, 0.1) is 13.0 Å². The summed E-state index contributed by atoms with van der Waals surface area (Å²) in [5, 5.41) is 3.05. The molecule has 3 rings (SSSR count). The van der Waals surface area contributed by atoms with Crippen LogP contribution in [-0.4, -0.2) is 36.5 Å². The molecule has 0 bridgehead atoms. The van der Waals surface area contributed by atoms with E-state index < -0.39 is 0 Å². The van der Waals surface area contributed by atoms with Crippen LogP contribution >= 0.6 is 0 Å². The largest absolute Gasteiger partial charge is 0.384 e. The molecule has 0 aromatic heterocycles. The van der Waals surface area contributed by atoms with Crippen molar-refractivity contribution in [3.8, 4) is 0 Å². The highest BCUT2D eigenvalue weighted by Gasteiger charge is 2.39. The van der Waals surface area contributed by atoms with Gasteiger partial charge in [-0.3, -0.25) is 9.59 Å². The molecular weight excluding hydrogens is 304 g/mol. The zero-order valence-electron chi connectivity index (χ0n) is 14.3. The van der Waals surface area contributed by atoms with Crippen molar-refractivity contribution >= 4 is 17.5 Å². The van der Waals surface area contributed by atoms with Gasteiger partial charge in [0, 0.05) is 19.3 Å². The summed E-state index contributed by atoms with van der Waals surface area (Å²) in [4.78, 5) is 27.5. The van der Waals surface area contributed by atoms with Crippen LogP contribution in [0.15, 0.2) is 24.3 Å². The molecule has 0 radical (unpaired) electrons. The first-order chi connectivity index (χ1) is 11.7. The van der Waals surface area contributed by atoms with E-state index in [9.17, 15) is 9.59 Å². The van der Waals surface area contributed by atoms with Crippen LogP contribution in [0.5, 0.6) is 0 Å². The predicted octanol–water partition coefficient (Wildman–Crippen LogP) is 2.95. The summed E-state index contributed by atoms with van der Waals surface area (Å²) < 4.78 is 5.06. The first-order valence-electron chi connectivity index (χ1n) is 8.88. The molecule has 1 heterocycles. The van der Waals surface area contributed by atoms with Crippen LogP contribution in [0.4, 0.5) is 5.69 Å². The Kier molecular flexibility index (Phi) is 5.51. The van der Waals surface area contributed by atoms with Gasteiger partial charge in [0.1, 0.15) is 6.04 Å². The summed E-state index contributed by atoms with van der Waals surface area (Å²) >= 11 is 0. The smallest absolute Gasteiger partial charge is 0.247 e. The molecule has 1 atom stereocenters. The maximum absolute atomic E-state index is 12.9. The van der Waals surface area contributed by atoms with E-state index in [1.165, 1.54) is 6.42 Å². The molecule has 2 amide bonds. The van der Waals surface area contributed by atoms with Gasteiger partial charge in [-0.1, -0.05) is 37.5 Å². The lowest BCUT2D eigenvalue weighted by molar-refractivity contribution is -0.142. The predicted molar refractivity (Wildman–Crippen MR) is 92.5 cm³/mol. The Bertz CT molecular complexity index is 596. The lowest BCUT2D eigenvalue weighted by Crippen LogP contribution is -2.50. The Morgan fingerprint density at radius 1 is 1.25 bits per heavy atom. The van der Waals surface area contributed by atoms with E-state index in [4.69, 9.17) is 4.74 Å². The van der Waals surface area contributed by atoms with Gasteiger partial charge >= 0.3 is 0 Å². The molecule has 24 heavy (non-hydrogen) atoms. The zero-order valence-corrected chi connectivity index (χ0v) is 14.3. The normalized spacial score (nSPS) is 21.8. The second kappa shape index (κ2) is 7.79. The number of carbonyl (C=O) groups excluding carboxylic acids is 2. The zero-order chi connectivity index (χ0) is 16.9. The fraction of sp³-hybridized carbons (Fsp3) is 0.579. The molecule has 130 valence electrons. The number of carbonyl (C=O) groups is 2. The summed E-state index contributed by atoms with van der Waals surface area (Å²) in [6.07, 6.45) is 5.85. The van der Waals surface area contributed by atoms with E-state index in [2.05, 4.69) is 5.32 Å². The quantitative estimate of drug-likeness (QED) is 0.923. The minimum atomic E-state index is -0.373. The third-order valence-corrected chi connectivity index (χ3v) is 5.16. The van der Waals surface area contributed by atoms with Crippen molar-refractivity contribution in [2.24, 2.45) is 5.92 Å². The second-order valence-electron chi connectivity index (χ2n) is 6.75. The minimum Gasteiger partial charge on any atom is -0.384 e. The molecule has 1 unspecified atom stereocenters. The van der Waals surface area contributed by atoms with E-state index >= 15 is 0 Å². The van der Waals surface area contributed by atoms with Crippen molar-refractivity contribution in [1.29, 1.82) is 0 Å². The van der Waals surface area contributed by atoms with Crippen molar-refractivity contribution in [2.45, 2.75) is 51.1 Å². The molecule has 1 fully saturated rings. The third kappa shape index (κ3) is 3.61. The Morgan fingerprint density at radius 2 is 2.00 bits per heavy atom. The van der Waals surface area contributed by atoms with Gasteiger partial charge in [-0.05, 0) is 30.4 Å². The maximum atomic E-state index is 12.9. The first-order valence-corrected chi connectivity index (χ1v) is 8.88. The van der Waals surface area contributed by atoms with E-state index in [0.29, 0.717) is 19.6 Å². The number of para-hydroxylation sites is 1. The monoisotopic (exact) mass is 330 g/mol. The number of rotatable bonds is 4. The van der Waals surface area contributed by atoms with Crippen molar-refractivity contribution in [1.82, 2.24) is 4.90 Å². The van der Waals surface area contributed by atoms with E-state index in [0.717, 1.165) is 36.9 Å². The molecule has 1 aromatic carbocycles. The van der Waals surface area contributed by atoms with Crippen LogP contribution < -0.4 is 5.32 Å². The van der Waals surface area contributed by atoms with Gasteiger partial charge < -0.3 is 15.0 Å². The number of hydrogen-bond acceptors (Lipinski definition) is 3. The number of nitrogens with zero attached hydrogens (tertiary/aromatic N) is 1. The maximum Gasteiger partial charge on any atom is 0.247 e. The SMILES string of the molecule is COCCC(=O)N1Cc2ccccc2NC(=O)C1C1CCCCC1. The van der Waals surface area contributed by atoms with E-state index in [1.807, 2.05) is 24.3 Å². The second-order valence-corrected chi connectivity index (χ2v) is 6.75. The number of benzene rings is 1. The molecule has 1 aromatic rings. The molecule has 2 aliphatic rings. The number of ether oxygens (including phenoxy) is 1. The minimum absolute atomic E-state index is 0.000670. The van der Waals surface area contributed by atoms with Crippen molar-refractivity contribution in [2.75, 3.05) is 19.0 Å². The van der Waals surface area contributed by atoms with Gasteiger partial charge in [-0.25, -0.2) is 0 Å². The lowest BCUT2D eigenvalue weighted by Gasteiger charge is -2.36. The molecular formula is C19H26N2O3. The van der Waals surface area contributed by atoms with Gasteiger partial charge in [-0.15, -0.1) is 0 Å². The Balaban J connectivity index is 1.90. The van der Waals surface area contributed by atoms with Crippen LogP contribution in [0.1, 0.15) is 44.1 Å². The average molecular weight is 330 g/mol. The number of anilines is 1. The molecule has 1 N–H and O–H groups in total. The summed E-state index contributed by atoms with van der Waals surface area (Å²) in [5.74, 6) is 0.205. The molecule has 1 saturated carbocycles. The number of amides is 2. The molecule has 1 aliphatic carbocycles. The molecule has 0 saturated heterocycles. The summed E-state index contributed by atoms with van der Waals surface area (Å²) in [7, 11) is 1.59. The molecule has 0 spiro atoms. The van der Waals surface area contributed by atoms with Gasteiger partial charge in [0.25, 0.3) is 0 Å². The Hall–Kier alpha value is -1.88. The number of nitrogens with one attached hydrogen (secondary N) is 1. The van der Waals surface area contributed by atoms with Crippen LogP contribution in [0.3, 0.4) is 0 Å². The highest BCUT2D eigenvalue weighted by Crippen LogP contribution is 2.33. The summed E-state index contributed by atoms with van der Waals surface area (Å²) in [5.41, 5.74) is 1.82. The lowest BCUT2D eigenvalue weighted by atomic mass is 9.82. The third-order valence-electron chi connectivity index (χ3n) is 5.16. The summed E-state index contributed by atoms with van der Waals surface area (Å²) in [6.45, 7) is 0.870. The fourth-order valence-corrected chi connectivity index (χ4v) is 3.90. The topological polar surface area (TPSA) is 58.6 Å². The van der Waals surface area contributed by atoms with Gasteiger partial charge in [-0.2, -0.15) is 0 Å². The van der Waals surface area contributed by atoms with Gasteiger partial charge in [0.15, 0.2) is 0 Å². The molecule has 5 nitrogen and oxygen atoms in total. The standard InChI is InChI=1S/C19H26N2O3/c1-24-12-11-17(22)21-13-15-9-5-6-10-16(15)20-19(23)18(21)14-7-3-2-4-8-14/h5-6,9-10,14,18H,2-4,7-8,11-13H2,1H3,(H,20,23). The highest BCUT2D eigenvalue weighted by atomic mass is 16.5. The highest BCUT2D eigenvalue weighted by molar-refractivity contribution is 5.99. The number of methoxy groups -OCH3 is 1. The van der Waals surface area contributed by atoms with Crippen LogP contribution in [0.2, 0.25) is 0 Å². The van der Waals surface area contributed by atoms with E-state index in [1.54, 1.807) is 12.0 Å². The van der Waals surface area contributed by atoms with Crippen molar-refractivity contribution < 1.29 is 14.3 Å². The van der Waals surface area contributed by atoms with Gasteiger partial charge in [0.2, 0.25) is 11.8 Å². The summed E-state index contributed by atoms with van der Waals surface area (Å²) in [6, 6.07) is 7.38. The number of hydrogen-bond donors (Lipinski definition) is 1. The van der Waals surface area contributed by atoms with Crippen molar-refractivity contribution in [3.63, 3.8) is 0 Å². The van der Waals surface area contributed by atoms with Crippen molar-refractivity contribution in [3.05, 3.63) is 29.8 Å². The first kappa shape index (κ1) is 17.0. The Labute approximate surface area is 143 Å². The van der Waals surface area contributed by atoms with Crippen LogP contribution in [-0.2, 0) is 20.9 Å². The molecule has 5 heteroatoms. The number of fused-ring (bicyclic) bond motifs is 1. The van der Waals surface area contributed by atoms with Crippen LogP contribution in [0, 0.1) is 5.92 Å². The average Bonchev–Trinajstić information content (AvgIpc) is 2.76.